The van der Waals surface area contributed by atoms with Gasteiger partial charge in [0.25, 0.3) is 5.91 Å². The van der Waals surface area contributed by atoms with Gasteiger partial charge in [0.05, 0.1) is 10.6 Å². The zero-order valence-corrected chi connectivity index (χ0v) is 18.0. The number of rotatable bonds is 4. The van der Waals surface area contributed by atoms with E-state index in [1.807, 2.05) is 30.6 Å². The Morgan fingerprint density at radius 3 is 2.45 bits per heavy atom. The van der Waals surface area contributed by atoms with Gasteiger partial charge in [-0.1, -0.05) is 17.7 Å². The third kappa shape index (κ3) is 4.21. The van der Waals surface area contributed by atoms with E-state index in [9.17, 15) is 4.79 Å². The maximum absolute atomic E-state index is 12.7. The summed E-state index contributed by atoms with van der Waals surface area (Å²) in [5.41, 5.74) is 5.17. The fourth-order valence-corrected chi connectivity index (χ4v) is 4.66. The molecule has 0 bridgehead atoms. The zero-order chi connectivity index (χ0) is 21.2. The largest absolute Gasteiger partial charge is 0.368 e. The van der Waals surface area contributed by atoms with Crippen LogP contribution in [0.3, 0.4) is 0 Å². The number of halogens is 1. The molecule has 7 heteroatoms. The molecule has 158 valence electrons. The lowest BCUT2D eigenvalue weighted by molar-refractivity contribution is 0.102. The molecule has 0 saturated carbocycles. The Kier molecular flexibility index (Phi) is 5.47. The number of nitrogens with one attached hydrogen (secondary N) is 1. The third-order valence-corrected chi connectivity index (χ3v) is 6.33. The van der Waals surface area contributed by atoms with Crippen molar-refractivity contribution in [2.75, 3.05) is 41.3 Å². The molecule has 0 atom stereocenters. The lowest BCUT2D eigenvalue weighted by atomic mass is 10.1. The van der Waals surface area contributed by atoms with Gasteiger partial charge >= 0.3 is 0 Å². The molecule has 0 radical (unpaired) electrons. The summed E-state index contributed by atoms with van der Waals surface area (Å²) in [6.07, 6.45) is 8.62. The summed E-state index contributed by atoms with van der Waals surface area (Å²) in [4.78, 5) is 25.8. The minimum absolute atomic E-state index is 0.193. The predicted octanol–water partition coefficient (Wildman–Crippen LogP) is 4.20. The first kappa shape index (κ1) is 19.8. The van der Waals surface area contributed by atoms with Crippen LogP contribution in [0.4, 0.5) is 17.2 Å². The molecular weight excluding hydrogens is 410 g/mol. The van der Waals surface area contributed by atoms with E-state index in [1.165, 1.54) is 23.2 Å². The van der Waals surface area contributed by atoms with Gasteiger partial charge in [0.1, 0.15) is 5.82 Å². The Balaban J connectivity index is 1.24. The van der Waals surface area contributed by atoms with Crippen molar-refractivity contribution in [2.45, 2.75) is 19.3 Å². The average molecular weight is 434 g/mol. The number of pyridine rings is 2. The summed E-state index contributed by atoms with van der Waals surface area (Å²) in [6, 6.07) is 11.9. The maximum atomic E-state index is 12.7. The van der Waals surface area contributed by atoms with E-state index in [2.05, 4.69) is 37.2 Å². The number of piperazine rings is 1. The minimum atomic E-state index is -0.193. The van der Waals surface area contributed by atoms with Gasteiger partial charge in [-0.25, -0.2) is 4.98 Å². The zero-order valence-electron chi connectivity index (χ0n) is 17.2. The van der Waals surface area contributed by atoms with Crippen molar-refractivity contribution in [1.82, 2.24) is 9.97 Å². The van der Waals surface area contributed by atoms with E-state index in [0.29, 0.717) is 10.6 Å². The number of benzene rings is 1. The quantitative estimate of drug-likeness (QED) is 0.668. The number of carbonyl (C=O) groups is 1. The van der Waals surface area contributed by atoms with Crippen LogP contribution in [0.2, 0.25) is 5.02 Å². The van der Waals surface area contributed by atoms with E-state index in [4.69, 9.17) is 11.6 Å². The Bertz CT molecular complexity index is 1100. The summed E-state index contributed by atoms with van der Waals surface area (Å²) in [5.74, 6) is 0.534. The van der Waals surface area contributed by atoms with Crippen LogP contribution >= 0.6 is 11.6 Å². The number of carbonyl (C=O) groups excluding carboxylic acids is 1. The molecule has 1 aliphatic heterocycles. The Labute approximate surface area is 186 Å². The minimum Gasteiger partial charge on any atom is -0.368 e. The average Bonchev–Trinajstić information content (AvgIpc) is 3.28. The Hall–Kier alpha value is -3.12. The number of hydrogen-bond acceptors (Lipinski definition) is 5. The number of nitrogens with zero attached hydrogens (tertiary/aromatic N) is 4. The SMILES string of the molecule is O=C(Nc1ccc2c(c1)CCC2)c1cnc(N2CCN(c3ccncc3)CC2)c(Cl)c1. The van der Waals surface area contributed by atoms with Crippen LogP contribution in [0, 0.1) is 0 Å². The Morgan fingerprint density at radius 2 is 1.68 bits per heavy atom. The topological polar surface area (TPSA) is 61.4 Å². The fourth-order valence-electron chi connectivity index (χ4n) is 4.37. The molecule has 2 aliphatic rings. The second-order valence-electron chi connectivity index (χ2n) is 8.00. The Morgan fingerprint density at radius 1 is 0.935 bits per heavy atom. The van der Waals surface area contributed by atoms with Crippen molar-refractivity contribution in [3.8, 4) is 0 Å². The summed E-state index contributed by atoms with van der Waals surface area (Å²) in [6.45, 7) is 3.39. The first-order valence-electron chi connectivity index (χ1n) is 10.7. The molecule has 0 unspecified atom stereocenters. The molecule has 1 saturated heterocycles. The molecular formula is C24H24ClN5O. The van der Waals surface area contributed by atoms with Crippen LogP contribution in [-0.2, 0) is 12.8 Å². The van der Waals surface area contributed by atoms with E-state index < -0.39 is 0 Å². The second kappa shape index (κ2) is 8.55. The van der Waals surface area contributed by atoms with Crippen LogP contribution in [0.1, 0.15) is 27.9 Å². The summed E-state index contributed by atoms with van der Waals surface area (Å²) in [7, 11) is 0. The number of aryl methyl sites for hydroxylation is 2. The van der Waals surface area contributed by atoms with Crippen molar-refractivity contribution >= 4 is 34.7 Å². The van der Waals surface area contributed by atoms with Gasteiger partial charge in [-0.05, 0) is 60.7 Å². The van der Waals surface area contributed by atoms with Crippen LogP contribution in [0.15, 0.2) is 55.0 Å². The molecule has 1 N–H and O–H groups in total. The van der Waals surface area contributed by atoms with Crippen LogP contribution in [0.5, 0.6) is 0 Å². The normalized spacial score (nSPS) is 15.6. The number of anilines is 3. The van der Waals surface area contributed by atoms with Crippen molar-refractivity contribution in [3.63, 3.8) is 0 Å². The van der Waals surface area contributed by atoms with Gasteiger partial charge in [-0.3, -0.25) is 9.78 Å². The monoisotopic (exact) mass is 433 g/mol. The number of amides is 1. The highest BCUT2D eigenvalue weighted by Crippen LogP contribution is 2.28. The molecule has 3 aromatic rings. The van der Waals surface area contributed by atoms with Gasteiger partial charge in [0.15, 0.2) is 0 Å². The van der Waals surface area contributed by atoms with E-state index in [1.54, 1.807) is 12.3 Å². The summed E-state index contributed by atoms with van der Waals surface area (Å²) in [5, 5.41) is 3.47. The summed E-state index contributed by atoms with van der Waals surface area (Å²) < 4.78 is 0. The van der Waals surface area contributed by atoms with Gasteiger partial charge in [-0.2, -0.15) is 0 Å². The fraction of sp³-hybridized carbons (Fsp3) is 0.292. The first-order chi connectivity index (χ1) is 15.2. The molecule has 2 aromatic heterocycles. The van der Waals surface area contributed by atoms with Crippen molar-refractivity contribution in [2.24, 2.45) is 0 Å². The van der Waals surface area contributed by atoms with Gasteiger partial charge in [-0.15, -0.1) is 0 Å². The maximum Gasteiger partial charge on any atom is 0.257 e. The van der Waals surface area contributed by atoms with Crippen LogP contribution in [-0.4, -0.2) is 42.1 Å². The molecule has 1 aromatic carbocycles. The summed E-state index contributed by atoms with van der Waals surface area (Å²) >= 11 is 6.53. The van der Waals surface area contributed by atoms with Crippen molar-refractivity contribution in [1.29, 1.82) is 0 Å². The lowest BCUT2D eigenvalue weighted by Gasteiger charge is -2.37. The molecule has 0 spiro atoms. The highest BCUT2D eigenvalue weighted by atomic mass is 35.5. The molecule has 5 rings (SSSR count). The lowest BCUT2D eigenvalue weighted by Crippen LogP contribution is -2.47. The van der Waals surface area contributed by atoms with Crippen molar-refractivity contribution in [3.05, 3.63) is 76.7 Å². The van der Waals surface area contributed by atoms with Gasteiger partial charge in [0.2, 0.25) is 0 Å². The standard InChI is InChI=1S/C24H24ClN5O/c25-22-15-19(24(31)28-20-5-4-17-2-1-3-18(17)14-20)16-27-23(22)30-12-10-29(11-13-30)21-6-8-26-9-7-21/h4-9,14-16H,1-3,10-13H2,(H,28,31). The predicted molar refractivity (Wildman–Crippen MR) is 124 cm³/mol. The first-order valence-corrected chi connectivity index (χ1v) is 11.0. The van der Waals surface area contributed by atoms with E-state index >= 15 is 0 Å². The molecule has 1 amide bonds. The number of hydrogen-bond donors (Lipinski definition) is 1. The number of aromatic nitrogens is 2. The molecule has 1 fully saturated rings. The highest BCUT2D eigenvalue weighted by Gasteiger charge is 2.21. The highest BCUT2D eigenvalue weighted by molar-refractivity contribution is 6.33. The van der Waals surface area contributed by atoms with Crippen LogP contribution < -0.4 is 15.1 Å². The molecule has 31 heavy (non-hydrogen) atoms. The van der Waals surface area contributed by atoms with Gasteiger partial charge < -0.3 is 15.1 Å². The van der Waals surface area contributed by atoms with Gasteiger partial charge in [0, 0.05) is 56.1 Å². The van der Waals surface area contributed by atoms with E-state index in [-0.39, 0.29) is 5.91 Å². The second-order valence-corrected chi connectivity index (χ2v) is 8.41. The van der Waals surface area contributed by atoms with E-state index in [0.717, 1.165) is 50.5 Å². The number of fused-ring (bicyclic) bond motifs is 1. The molecule has 6 nitrogen and oxygen atoms in total. The molecule has 3 heterocycles. The molecule has 1 aliphatic carbocycles. The van der Waals surface area contributed by atoms with Crippen molar-refractivity contribution < 1.29 is 4.79 Å². The van der Waals surface area contributed by atoms with Crippen LogP contribution in [0.25, 0.3) is 0 Å². The third-order valence-electron chi connectivity index (χ3n) is 6.05. The smallest absolute Gasteiger partial charge is 0.257 e.